The van der Waals surface area contributed by atoms with Gasteiger partial charge in [-0.2, -0.15) is 0 Å². The molecule has 0 N–H and O–H groups in total. The molecule has 1 aromatic heterocycles. The molecule has 0 saturated carbocycles. The van der Waals surface area contributed by atoms with Crippen LogP contribution in [-0.4, -0.2) is 9.49 Å². The van der Waals surface area contributed by atoms with Gasteiger partial charge in [-0.05, 0) is 18.6 Å². The normalized spacial score (nSPS) is 10.6. The number of nitro benzene ring substituents is 1. The van der Waals surface area contributed by atoms with Crippen LogP contribution in [0, 0.1) is 10.1 Å². The fourth-order valence-electron chi connectivity index (χ4n) is 1.79. The van der Waals surface area contributed by atoms with Crippen molar-refractivity contribution in [2.75, 3.05) is 0 Å². The zero-order valence-corrected chi connectivity index (χ0v) is 9.72. The minimum atomic E-state index is -0.373. The Labute approximate surface area is 99.3 Å². The third kappa shape index (κ3) is 2.20. The van der Waals surface area contributed by atoms with Crippen LogP contribution in [0.15, 0.2) is 42.6 Å². The summed E-state index contributed by atoms with van der Waals surface area (Å²) < 4.78 is 2.06. The number of benzene rings is 1. The van der Waals surface area contributed by atoms with Crippen LogP contribution in [-0.2, 0) is 6.54 Å². The molecule has 4 nitrogen and oxygen atoms in total. The number of nitro groups is 1. The number of fused-ring (bicyclic) bond motifs is 1. The van der Waals surface area contributed by atoms with Gasteiger partial charge in [0.25, 0.3) is 5.69 Å². The van der Waals surface area contributed by atoms with Gasteiger partial charge in [0.05, 0.1) is 4.92 Å². The average molecular weight is 230 g/mol. The molecule has 0 atom stereocenters. The van der Waals surface area contributed by atoms with Gasteiger partial charge in [-0.15, -0.1) is 0 Å². The Morgan fingerprint density at radius 2 is 2.24 bits per heavy atom. The third-order valence-electron chi connectivity index (χ3n) is 2.86. The molecule has 1 aromatic carbocycles. The fraction of sp³-hybridized carbons (Fsp3) is 0.231. The lowest BCUT2D eigenvalue weighted by atomic mass is 10.2. The van der Waals surface area contributed by atoms with Crippen molar-refractivity contribution in [2.24, 2.45) is 0 Å². The van der Waals surface area contributed by atoms with Gasteiger partial charge < -0.3 is 4.57 Å². The molecule has 0 radical (unpaired) electrons. The number of hydrogen-bond donors (Lipinski definition) is 0. The second-order valence-corrected chi connectivity index (χ2v) is 4.05. The first-order chi connectivity index (χ1) is 8.11. The Kier molecular flexibility index (Phi) is 2.95. The van der Waals surface area contributed by atoms with E-state index in [1.807, 2.05) is 12.3 Å². The molecule has 2 aromatic rings. The van der Waals surface area contributed by atoms with E-state index < -0.39 is 0 Å². The van der Waals surface area contributed by atoms with E-state index in [4.69, 9.17) is 0 Å². The van der Waals surface area contributed by atoms with Crippen LogP contribution in [0.5, 0.6) is 0 Å². The lowest BCUT2D eigenvalue weighted by molar-refractivity contribution is -0.384. The molecule has 0 amide bonds. The molecule has 1 heterocycles. The first-order valence-electron chi connectivity index (χ1n) is 5.51. The molecule has 4 heteroatoms. The van der Waals surface area contributed by atoms with Crippen LogP contribution in [0.25, 0.3) is 10.9 Å². The number of nitrogens with zero attached hydrogens (tertiary/aromatic N) is 2. The molecule has 0 fully saturated rings. The summed E-state index contributed by atoms with van der Waals surface area (Å²) in [6.45, 7) is 6.80. The molecule has 2 rings (SSSR count). The number of allylic oxidation sites excluding steroid dienone is 1. The maximum Gasteiger partial charge on any atom is 0.270 e. The predicted molar refractivity (Wildman–Crippen MR) is 68.0 cm³/mol. The summed E-state index contributed by atoms with van der Waals surface area (Å²) in [5, 5.41) is 11.6. The molecule has 0 spiro atoms. The molecule has 0 unspecified atom stereocenters. The third-order valence-corrected chi connectivity index (χ3v) is 2.86. The van der Waals surface area contributed by atoms with Crippen molar-refractivity contribution < 1.29 is 4.92 Å². The molecule has 0 aliphatic heterocycles. The van der Waals surface area contributed by atoms with Gasteiger partial charge in [0.1, 0.15) is 0 Å². The molecule has 0 saturated heterocycles. The van der Waals surface area contributed by atoms with E-state index in [1.165, 1.54) is 6.07 Å². The van der Waals surface area contributed by atoms with Crippen LogP contribution >= 0.6 is 0 Å². The highest BCUT2D eigenvalue weighted by atomic mass is 16.6. The smallest absolute Gasteiger partial charge is 0.270 e. The number of rotatable bonds is 4. The highest BCUT2D eigenvalue weighted by Gasteiger charge is 2.08. The zero-order chi connectivity index (χ0) is 12.4. The molecular formula is C13H14N2O2. The van der Waals surface area contributed by atoms with Gasteiger partial charge >= 0.3 is 0 Å². The minimum absolute atomic E-state index is 0.129. The Balaban J connectivity index is 2.41. The molecule has 88 valence electrons. The Morgan fingerprint density at radius 3 is 2.88 bits per heavy atom. The summed E-state index contributed by atoms with van der Waals surface area (Å²) in [5.41, 5.74) is 2.27. The number of hydrogen-bond acceptors (Lipinski definition) is 2. The molecule has 17 heavy (non-hydrogen) atoms. The zero-order valence-electron chi connectivity index (χ0n) is 9.72. The van der Waals surface area contributed by atoms with Crippen molar-refractivity contribution in [3.8, 4) is 0 Å². The molecule has 0 aliphatic carbocycles. The van der Waals surface area contributed by atoms with Crippen molar-refractivity contribution in [2.45, 2.75) is 19.9 Å². The predicted octanol–water partition coefficient (Wildman–Crippen LogP) is 3.52. The standard InChI is InChI=1S/C13H14N2O2/c1-3-10(2)9-14-7-6-11-8-12(15(16)17)4-5-13(11)14/h4-8H,2-3,9H2,1H3. The Morgan fingerprint density at radius 1 is 1.47 bits per heavy atom. The summed E-state index contributed by atoms with van der Waals surface area (Å²) in [7, 11) is 0. The first kappa shape index (κ1) is 11.4. The Hall–Kier alpha value is -2.10. The summed E-state index contributed by atoms with van der Waals surface area (Å²) >= 11 is 0. The van der Waals surface area contributed by atoms with E-state index in [0.717, 1.165) is 29.4 Å². The topological polar surface area (TPSA) is 48.1 Å². The van der Waals surface area contributed by atoms with Crippen molar-refractivity contribution in [3.63, 3.8) is 0 Å². The van der Waals surface area contributed by atoms with Gasteiger partial charge in [0.2, 0.25) is 0 Å². The van der Waals surface area contributed by atoms with Gasteiger partial charge in [-0.1, -0.05) is 19.1 Å². The lowest BCUT2D eigenvalue weighted by Crippen LogP contribution is -1.97. The van der Waals surface area contributed by atoms with Crippen LogP contribution in [0.1, 0.15) is 13.3 Å². The summed E-state index contributed by atoms with van der Waals surface area (Å²) in [6, 6.07) is 6.82. The van der Waals surface area contributed by atoms with Crippen LogP contribution in [0.4, 0.5) is 5.69 Å². The van der Waals surface area contributed by atoms with E-state index in [2.05, 4.69) is 18.1 Å². The first-order valence-corrected chi connectivity index (χ1v) is 5.51. The van der Waals surface area contributed by atoms with Gasteiger partial charge in [0.15, 0.2) is 0 Å². The SMILES string of the molecule is C=C(CC)Cn1ccc2cc([N+](=O)[O-])ccc21. The van der Waals surface area contributed by atoms with E-state index in [0.29, 0.717) is 0 Å². The van der Waals surface area contributed by atoms with Gasteiger partial charge in [-0.3, -0.25) is 10.1 Å². The number of non-ortho nitro benzene ring substituents is 1. The quantitative estimate of drug-likeness (QED) is 0.458. The van der Waals surface area contributed by atoms with Crippen LogP contribution < -0.4 is 0 Å². The van der Waals surface area contributed by atoms with Crippen LogP contribution in [0.2, 0.25) is 0 Å². The largest absolute Gasteiger partial charge is 0.343 e. The van der Waals surface area contributed by atoms with Crippen molar-refractivity contribution in [1.82, 2.24) is 4.57 Å². The van der Waals surface area contributed by atoms with E-state index >= 15 is 0 Å². The second-order valence-electron chi connectivity index (χ2n) is 4.05. The van der Waals surface area contributed by atoms with Crippen molar-refractivity contribution >= 4 is 16.6 Å². The average Bonchev–Trinajstić information content (AvgIpc) is 2.71. The van der Waals surface area contributed by atoms with E-state index in [9.17, 15) is 10.1 Å². The highest BCUT2D eigenvalue weighted by molar-refractivity contribution is 5.82. The van der Waals surface area contributed by atoms with Crippen LogP contribution in [0.3, 0.4) is 0 Å². The maximum atomic E-state index is 10.7. The molecule has 0 aliphatic rings. The number of aromatic nitrogens is 1. The Bertz CT molecular complexity index is 584. The highest BCUT2D eigenvalue weighted by Crippen LogP contribution is 2.22. The monoisotopic (exact) mass is 230 g/mol. The van der Waals surface area contributed by atoms with Gasteiger partial charge in [-0.25, -0.2) is 0 Å². The summed E-state index contributed by atoms with van der Waals surface area (Å²) in [6.07, 6.45) is 2.88. The van der Waals surface area contributed by atoms with Crippen molar-refractivity contribution in [1.29, 1.82) is 0 Å². The second kappa shape index (κ2) is 4.41. The lowest BCUT2D eigenvalue weighted by Gasteiger charge is -2.06. The summed E-state index contributed by atoms with van der Waals surface area (Å²) in [5.74, 6) is 0. The summed E-state index contributed by atoms with van der Waals surface area (Å²) in [4.78, 5) is 10.3. The van der Waals surface area contributed by atoms with E-state index in [1.54, 1.807) is 12.1 Å². The van der Waals surface area contributed by atoms with Gasteiger partial charge in [0, 0.05) is 35.8 Å². The fourth-order valence-corrected chi connectivity index (χ4v) is 1.79. The minimum Gasteiger partial charge on any atom is -0.343 e. The van der Waals surface area contributed by atoms with E-state index in [-0.39, 0.29) is 10.6 Å². The van der Waals surface area contributed by atoms with Crippen molar-refractivity contribution in [3.05, 3.63) is 52.7 Å². The maximum absolute atomic E-state index is 10.7. The molecular weight excluding hydrogens is 216 g/mol. The molecule has 0 bridgehead atoms.